The first kappa shape index (κ1) is 27.5. The van der Waals surface area contributed by atoms with Crippen molar-refractivity contribution in [2.75, 3.05) is 6.61 Å². The molecule has 0 saturated carbocycles. The molecule has 2 unspecified atom stereocenters. The molecule has 6 atom stereocenters. The van der Waals surface area contributed by atoms with Gasteiger partial charge in [-0.1, -0.05) is 48.1 Å². The number of amides is 3. The van der Waals surface area contributed by atoms with Gasteiger partial charge in [-0.25, -0.2) is 4.79 Å². The molecule has 0 aromatic rings. The molecule has 0 aliphatic carbocycles. The molecule has 0 radical (unpaired) electrons. The summed E-state index contributed by atoms with van der Waals surface area (Å²) < 4.78 is 19.9. The molecule has 10 heteroatoms. The van der Waals surface area contributed by atoms with E-state index in [2.05, 4.69) is 79.6 Å². The van der Waals surface area contributed by atoms with Crippen molar-refractivity contribution in [1.82, 2.24) is 10.2 Å². The molecule has 3 aliphatic heterocycles. The highest BCUT2D eigenvalue weighted by molar-refractivity contribution is 6.74. The molecule has 0 spiro atoms. The molecule has 3 fully saturated rings. The van der Waals surface area contributed by atoms with Crippen LogP contribution in [0, 0.1) is 5.92 Å². The lowest BCUT2D eigenvalue weighted by Gasteiger charge is -2.48. The summed E-state index contributed by atoms with van der Waals surface area (Å²) in [4.78, 5) is 26.5. The Balaban J connectivity index is 1.95. The van der Waals surface area contributed by atoms with Gasteiger partial charge in [-0.15, -0.1) is 0 Å². The van der Waals surface area contributed by atoms with Crippen molar-refractivity contribution in [3.63, 3.8) is 0 Å². The van der Waals surface area contributed by atoms with E-state index in [9.17, 15) is 14.7 Å². The molecule has 3 aliphatic rings. The van der Waals surface area contributed by atoms with Crippen LogP contribution in [0.3, 0.4) is 0 Å². The minimum absolute atomic E-state index is 0.0189. The predicted octanol–water partition coefficient (Wildman–Crippen LogP) is 3.98. The third-order valence-electron chi connectivity index (χ3n) is 8.68. The topological polar surface area (TPSA) is 97.3 Å². The number of aliphatic hydroxyl groups is 1. The Hall–Kier alpha value is -1.05. The first-order chi connectivity index (χ1) is 15.3. The summed E-state index contributed by atoms with van der Waals surface area (Å²) in [6.45, 7) is 26.1. The average molecular weight is 513 g/mol. The molecular weight excluding hydrogens is 468 g/mol. The zero-order chi connectivity index (χ0) is 26.0. The number of piperidine rings is 1. The minimum atomic E-state index is -2.20. The van der Waals surface area contributed by atoms with Crippen molar-refractivity contribution in [3.8, 4) is 0 Å². The van der Waals surface area contributed by atoms with Crippen molar-refractivity contribution in [2.24, 2.45) is 5.92 Å². The monoisotopic (exact) mass is 512 g/mol. The smallest absolute Gasteiger partial charge is 0.326 e. The minimum Gasteiger partial charge on any atom is -0.414 e. The SMILES string of the molecule is C=C1C(=O)NC(=O)N2C1C(O)C[C@H]1[C@H](O[Si](C)(C)C(C)(C)C)[C@@H](CO[Si](C)(C)C(C)(C)C)O[C@H]12. The number of nitrogens with zero attached hydrogens (tertiary/aromatic N) is 1. The van der Waals surface area contributed by atoms with Gasteiger partial charge in [0.2, 0.25) is 0 Å². The number of urea groups is 1. The van der Waals surface area contributed by atoms with Crippen LogP contribution >= 0.6 is 0 Å². The second-order valence-corrected chi connectivity index (χ2v) is 22.6. The Morgan fingerprint density at radius 1 is 1.09 bits per heavy atom. The summed E-state index contributed by atoms with van der Waals surface area (Å²) in [6.07, 6.45) is -1.90. The van der Waals surface area contributed by atoms with Crippen molar-refractivity contribution in [1.29, 1.82) is 0 Å². The van der Waals surface area contributed by atoms with Gasteiger partial charge in [-0.2, -0.15) is 0 Å². The van der Waals surface area contributed by atoms with Crippen LogP contribution in [0.25, 0.3) is 0 Å². The highest BCUT2D eigenvalue weighted by Gasteiger charge is 2.59. The number of carbonyl (C=O) groups is 2. The molecular formula is C24H44N2O6Si2. The number of carbonyl (C=O) groups excluding carboxylic acids is 2. The van der Waals surface area contributed by atoms with Crippen molar-refractivity contribution >= 4 is 28.6 Å². The largest absolute Gasteiger partial charge is 0.414 e. The fourth-order valence-electron chi connectivity index (χ4n) is 4.41. The third-order valence-corrected chi connectivity index (χ3v) is 17.7. The van der Waals surface area contributed by atoms with Crippen LogP contribution in [0.4, 0.5) is 4.79 Å². The Kier molecular flexibility index (Phi) is 7.14. The summed E-state index contributed by atoms with van der Waals surface area (Å²) >= 11 is 0. The van der Waals surface area contributed by atoms with E-state index in [4.69, 9.17) is 13.6 Å². The van der Waals surface area contributed by atoms with Crippen LogP contribution in [-0.2, 0) is 18.4 Å². The Labute approximate surface area is 206 Å². The zero-order valence-corrected chi connectivity index (χ0v) is 24.5. The Morgan fingerprint density at radius 3 is 2.18 bits per heavy atom. The lowest BCUT2D eigenvalue weighted by atomic mass is 9.82. The van der Waals surface area contributed by atoms with E-state index in [1.807, 2.05) is 0 Å². The van der Waals surface area contributed by atoms with E-state index >= 15 is 0 Å². The number of nitrogens with one attached hydrogen (secondary N) is 1. The maximum Gasteiger partial charge on any atom is 0.326 e. The van der Waals surface area contributed by atoms with Gasteiger partial charge in [0.25, 0.3) is 5.91 Å². The second kappa shape index (κ2) is 8.81. The molecule has 3 saturated heterocycles. The summed E-state index contributed by atoms with van der Waals surface area (Å²) in [7, 11) is -4.26. The molecule has 194 valence electrons. The van der Waals surface area contributed by atoms with E-state index < -0.39 is 46.9 Å². The standard InChI is InChI=1S/C24H44N2O6Si2/c1-14-18-16(27)12-15-19(32-34(10,11)24(5,6)7)17(13-30-33(8,9)23(2,3)4)31-21(15)26(18)22(29)25-20(14)28/h15-19,21,27H,1,12-13H2,2-11H3,(H,25,28,29)/t15-,16?,17+,18?,19-,21+/m0/s1. The molecule has 0 aromatic carbocycles. The number of ether oxygens (including phenoxy) is 1. The van der Waals surface area contributed by atoms with Crippen molar-refractivity contribution < 1.29 is 28.3 Å². The van der Waals surface area contributed by atoms with Crippen LogP contribution in [0.2, 0.25) is 36.3 Å². The molecule has 3 rings (SSSR count). The summed E-state index contributed by atoms with van der Waals surface area (Å²) in [6, 6.07) is -1.36. The van der Waals surface area contributed by atoms with Crippen molar-refractivity contribution in [3.05, 3.63) is 12.2 Å². The van der Waals surface area contributed by atoms with Crippen LogP contribution in [0.15, 0.2) is 12.2 Å². The third kappa shape index (κ3) is 4.81. The summed E-state index contributed by atoms with van der Waals surface area (Å²) in [5, 5.41) is 13.4. The lowest BCUT2D eigenvalue weighted by molar-refractivity contribution is -0.133. The highest BCUT2D eigenvalue weighted by atomic mass is 28.4. The van der Waals surface area contributed by atoms with E-state index in [-0.39, 0.29) is 33.8 Å². The predicted molar refractivity (Wildman–Crippen MR) is 136 cm³/mol. The first-order valence-corrected chi connectivity index (χ1v) is 18.1. The van der Waals surface area contributed by atoms with Crippen LogP contribution in [0.5, 0.6) is 0 Å². The second-order valence-electron chi connectivity index (χ2n) is 13.1. The van der Waals surface area contributed by atoms with Crippen molar-refractivity contribution in [2.45, 2.75) is 115 Å². The van der Waals surface area contributed by atoms with E-state index in [1.165, 1.54) is 4.90 Å². The van der Waals surface area contributed by atoms with Gasteiger partial charge < -0.3 is 18.7 Å². The number of aliphatic hydroxyl groups excluding tert-OH is 1. The number of imide groups is 1. The summed E-state index contributed by atoms with van der Waals surface area (Å²) in [5.74, 6) is -0.784. The zero-order valence-electron chi connectivity index (χ0n) is 22.5. The molecule has 8 nitrogen and oxygen atoms in total. The average Bonchev–Trinajstić information content (AvgIpc) is 2.98. The molecule has 3 heterocycles. The molecule has 0 bridgehead atoms. The van der Waals surface area contributed by atoms with E-state index in [0.717, 1.165) is 0 Å². The maximum atomic E-state index is 12.9. The fourth-order valence-corrected chi connectivity index (χ4v) is 6.78. The Bertz CT molecular complexity index is 847. The van der Waals surface area contributed by atoms with E-state index in [1.54, 1.807) is 0 Å². The normalized spacial score (nSPS) is 33.0. The van der Waals surface area contributed by atoms with Gasteiger partial charge in [-0.3, -0.25) is 15.0 Å². The van der Waals surface area contributed by atoms with E-state index in [0.29, 0.717) is 13.0 Å². The lowest BCUT2D eigenvalue weighted by Crippen LogP contribution is -2.67. The van der Waals surface area contributed by atoms with Crippen LogP contribution < -0.4 is 5.32 Å². The fraction of sp³-hybridized carbons (Fsp3) is 0.833. The number of fused-ring (bicyclic) bond motifs is 3. The Morgan fingerprint density at radius 2 is 1.65 bits per heavy atom. The maximum absolute atomic E-state index is 12.9. The molecule has 0 aromatic heterocycles. The number of rotatable bonds is 5. The quantitative estimate of drug-likeness (QED) is 0.427. The van der Waals surface area contributed by atoms with Gasteiger partial charge in [0.05, 0.1) is 24.9 Å². The molecule has 2 N–H and O–H groups in total. The molecule has 3 amide bonds. The van der Waals surface area contributed by atoms with Gasteiger partial charge in [0, 0.05) is 11.5 Å². The van der Waals surface area contributed by atoms with Crippen LogP contribution in [0.1, 0.15) is 48.0 Å². The number of hydrogen-bond acceptors (Lipinski definition) is 6. The van der Waals surface area contributed by atoms with Crippen LogP contribution in [-0.4, -0.2) is 75.8 Å². The number of hydrogen-bond donors (Lipinski definition) is 2. The van der Waals surface area contributed by atoms with Gasteiger partial charge in [0.1, 0.15) is 12.3 Å². The van der Waals surface area contributed by atoms with Gasteiger partial charge in [-0.05, 0) is 42.7 Å². The highest BCUT2D eigenvalue weighted by Crippen LogP contribution is 2.47. The van der Waals surface area contributed by atoms with Gasteiger partial charge in [0.15, 0.2) is 16.6 Å². The summed E-state index contributed by atoms with van der Waals surface area (Å²) in [5.41, 5.74) is 0.178. The van der Waals surface area contributed by atoms with Gasteiger partial charge >= 0.3 is 6.03 Å². The molecule has 34 heavy (non-hydrogen) atoms. The first-order valence-electron chi connectivity index (χ1n) is 12.3.